The number of benzene rings is 2. The van der Waals surface area contributed by atoms with E-state index in [2.05, 4.69) is 27.1 Å². The molecular formula is C41H51ClFN5O9. The summed E-state index contributed by atoms with van der Waals surface area (Å²) in [4.78, 5) is 51.2. The van der Waals surface area contributed by atoms with Crippen LogP contribution < -0.4 is 14.8 Å². The van der Waals surface area contributed by atoms with Gasteiger partial charge in [-0.15, -0.1) is 0 Å². The number of aromatic nitrogens is 2. The van der Waals surface area contributed by atoms with E-state index in [1.54, 1.807) is 19.2 Å². The minimum Gasteiger partial charge on any atom is -0.493 e. The Kier molecular flexibility index (Phi) is 11.5. The van der Waals surface area contributed by atoms with Crippen LogP contribution in [0.1, 0.15) is 65.7 Å². The van der Waals surface area contributed by atoms with Crippen LogP contribution in [0.25, 0.3) is 10.9 Å². The van der Waals surface area contributed by atoms with E-state index in [0.29, 0.717) is 65.9 Å². The van der Waals surface area contributed by atoms with E-state index in [1.165, 1.54) is 18.5 Å². The SMILES string of the molecule is COc1cc2ncnc(Nc3ccc(F)c(Cl)c3)c2cc1OCCCN1CCN(C(=O)CCC(=O)O[C@@H]2O[C@@H]3OC4(C)CCC5[C@H](C)CC[C@@H]([C@H]2C)C53OO4)CC1. The van der Waals surface area contributed by atoms with Gasteiger partial charge in [-0.2, -0.15) is 0 Å². The Labute approximate surface area is 336 Å². The maximum Gasteiger partial charge on any atom is 0.308 e. The van der Waals surface area contributed by atoms with Crippen molar-refractivity contribution in [3.63, 3.8) is 0 Å². The van der Waals surface area contributed by atoms with Crippen LogP contribution in [0.5, 0.6) is 11.5 Å². The molecule has 1 aliphatic carbocycles. The summed E-state index contributed by atoms with van der Waals surface area (Å²) in [6.07, 6.45) is 4.33. The van der Waals surface area contributed by atoms with Crippen molar-refractivity contribution in [3.05, 3.63) is 47.5 Å². The molecule has 5 aliphatic heterocycles. The molecule has 6 aliphatic rings. The van der Waals surface area contributed by atoms with Crippen molar-refractivity contribution in [1.82, 2.24) is 19.8 Å². The Morgan fingerprint density at radius 2 is 1.84 bits per heavy atom. The molecule has 2 aromatic carbocycles. The number of nitrogens with one attached hydrogen (secondary N) is 1. The smallest absolute Gasteiger partial charge is 0.308 e. The van der Waals surface area contributed by atoms with E-state index in [1.807, 2.05) is 24.8 Å². The lowest BCUT2D eigenvalue weighted by atomic mass is 9.58. The molecular weight excluding hydrogens is 761 g/mol. The number of hydrogen-bond acceptors (Lipinski definition) is 13. The monoisotopic (exact) mass is 811 g/mol. The zero-order valence-electron chi connectivity index (χ0n) is 32.8. The number of hydrogen-bond donors (Lipinski definition) is 1. The topological polar surface area (TPSA) is 143 Å². The van der Waals surface area contributed by atoms with Gasteiger partial charge in [0.2, 0.25) is 18.0 Å². The van der Waals surface area contributed by atoms with Gasteiger partial charge in [0, 0.05) is 74.5 Å². The first-order chi connectivity index (χ1) is 27.5. The third kappa shape index (κ3) is 7.98. The van der Waals surface area contributed by atoms with Crippen LogP contribution in [-0.2, 0) is 33.6 Å². The quantitative estimate of drug-likeness (QED) is 0.119. The van der Waals surface area contributed by atoms with Crippen molar-refractivity contribution < 1.29 is 47.4 Å². The van der Waals surface area contributed by atoms with E-state index in [0.717, 1.165) is 45.3 Å². The average molecular weight is 812 g/mol. The lowest BCUT2D eigenvalue weighted by Gasteiger charge is -2.59. The number of amides is 1. The molecule has 16 heteroatoms. The number of esters is 1. The van der Waals surface area contributed by atoms with Gasteiger partial charge in [0.15, 0.2) is 23.4 Å². The van der Waals surface area contributed by atoms with Gasteiger partial charge in [0.1, 0.15) is 18.0 Å². The highest BCUT2D eigenvalue weighted by atomic mass is 35.5. The van der Waals surface area contributed by atoms with Crippen LogP contribution in [0.15, 0.2) is 36.7 Å². The molecule has 1 aromatic heterocycles. The summed E-state index contributed by atoms with van der Waals surface area (Å²) in [6, 6.07) is 7.97. The largest absolute Gasteiger partial charge is 0.493 e. The first-order valence-electron chi connectivity index (χ1n) is 20.0. The van der Waals surface area contributed by atoms with E-state index >= 15 is 0 Å². The fourth-order valence-corrected chi connectivity index (χ4v) is 9.58. The minimum absolute atomic E-state index is 0.00313. The first kappa shape index (κ1) is 39.9. The fraction of sp³-hybridized carbons (Fsp3) is 0.610. The molecule has 8 atom stereocenters. The van der Waals surface area contributed by atoms with Crippen LogP contribution >= 0.6 is 11.6 Å². The summed E-state index contributed by atoms with van der Waals surface area (Å²) < 4.78 is 44.1. The number of methoxy groups -OCH3 is 1. The summed E-state index contributed by atoms with van der Waals surface area (Å²) in [6.45, 7) is 9.98. The number of rotatable bonds is 12. The fourth-order valence-electron chi connectivity index (χ4n) is 9.40. The van der Waals surface area contributed by atoms with Crippen LogP contribution in [0.4, 0.5) is 15.9 Å². The summed E-state index contributed by atoms with van der Waals surface area (Å²) in [5, 5.41) is 3.89. The van der Waals surface area contributed by atoms with Gasteiger partial charge >= 0.3 is 5.97 Å². The first-order valence-corrected chi connectivity index (χ1v) is 20.4. The summed E-state index contributed by atoms with van der Waals surface area (Å²) >= 11 is 5.98. The molecule has 2 bridgehead atoms. The Balaban J connectivity index is 0.782. The lowest BCUT2D eigenvalue weighted by Crippen LogP contribution is -2.70. The molecule has 1 spiro atoms. The van der Waals surface area contributed by atoms with Crippen LogP contribution in [0.3, 0.4) is 0 Å². The van der Waals surface area contributed by atoms with Crippen molar-refractivity contribution >= 4 is 45.9 Å². The van der Waals surface area contributed by atoms with Crippen molar-refractivity contribution in [2.45, 2.75) is 89.7 Å². The number of halogens is 2. The molecule has 6 heterocycles. The number of ether oxygens (including phenoxy) is 5. The Hall–Kier alpha value is -3.86. The zero-order valence-corrected chi connectivity index (χ0v) is 33.6. The number of carbonyl (C=O) groups excluding carboxylic acids is 2. The third-order valence-corrected chi connectivity index (χ3v) is 12.9. The van der Waals surface area contributed by atoms with Gasteiger partial charge in [-0.25, -0.2) is 24.1 Å². The highest BCUT2D eigenvalue weighted by molar-refractivity contribution is 6.31. The minimum atomic E-state index is -0.909. The highest BCUT2D eigenvalue weighted by Crippen LogP contribution is 2.60. The predicted octanol–water partition coefficient (Wildman–Crippen LogP) is 6.62. The molecule has 1 saturated carbocycles. The van der Waals surface area contributed by atoms with Crippen molar-refractivity contribution in [3.8, 4) is 11.5 Å². The van der Waals surface area contributed by atoms with Gasteiger partial charge < -0.3 is 33.9 Å². The number of anilines is 2. The second-order valence-electron chi connectivity index (χ2n) is 16.2. The molecule has 9 rings (SSSR count). The number of fused-ring (bicyclic) bond motifs is 3. The molecule has 14 nitrogen and oxygen atoms in total. The Bertz CT molecular complexity index is 1970. The van der Waals surface area contributed by atoms with Crippen LogP contribution in [0, 0.1) is 29.5 Å². The number of piperazine rings is 1. The van der Waals surface area contributed by atoms with Gasteiger partial charge in [0.25, 0.3) is 0 Å². The van der Waals surface area contributed by atoms with Crippen molar-refractivity contribution in [2.24, 2.45) is 23.7 Å². The second kappa shape index (κ2) is 16.4. The molecule has 5 saturated heterocycles. The van der Waals surface area contributed by atoms with Crippen LogP contribution in [-0.4, -0.2) is 102 Å². The molecule has 3 aromatic rings. The van der Waals surface area contributed by atoms with Gasteiger partial charge in [-0.1, -0.05) is 25.4 Å². The van der Waals surface area contributed by atoms with Crippen LogP contribution in [0.2, 0.25) is 5.02 Å². The molecule has 57 heavy (non-hydrogen) atoms. The maximum absolute atomic E-state index is 13.7. The predicted molar refractivity (Wildman–Crippen MR) is 206 cm³/mol. The Morgan fingerprint density at radius 3 is 2.63 bits per heavy atom. The van der Waals surface area contributed by atoms with Crippen molar-refractivity contribution in [1.29, 1.82) is 0 Å². The third-order valence-electron chi connectivity index (χ3n) is 12.6. The lowest BCUT2D eigenvalue weighted by molar-refractivity contribution is -0.576. The van der Waals surface area contributed by atoms with Crippen molar-refractivity contribution in [2.75, 3.05) is 51.8 Å². The molecule has 308 valence electrons. The molecule has 6 fully saturated rings. The molecule has 3 unspecified atom stereocenters. The van der Waals surface area contributed by atoms with E-state index in [4.69, 9.17) is 45.1 Å². The average Bonchev–Trinajstić information content (AvgIpc) is 3.44. The normalized spacial score (nSPS) is 31.0. The van der Waals surface area contributed by atoms with E-state index < -0.39 is 35.8 Å². The summed E-state index contributed by atoms with van der Waals surface area (Å²) in [5.41, 5.74) is 0.499. The Morgan fingerprint density at radius 1 is 1.02 bits per heavy atom. The summed E-state index contributed by atoms with van der Waals surface area (Å²) in [5.74, 6) is 0.236. The highest BCUT2D eigenvalue weighted by Gasteiger charge is 2.69. The standard InChI is InChI=1S/C41H51ClFN5O9/c1-24-6-8-29-25(2)38(54-39-41(29)28(24)12-13-40(3,55-39)56-57-41)53-36(50)11-10-35(49)48-17-15-47(16-18-48)14-5-19-52-34-21-27-32(22-33(34)51-4)44-23-45-37(27)46-26-7-9-31(43)30(42)20-26/h7,9,20-25,28-29,38-39H,5-6,8,10-19H2,1-4H3,(H,44,45,46)/t24-,25-,28?,29+,38-,39-,40?,41?/m1/s1. The number of carbonyl (C=O) groups is 2. The van der Waals surface area contributed by atoms with Gasteiger partial charge in [-0.3, -0.25) is 14.5 Å². The molecule has 1 N–H and O–H groups in total. The van der Waals surface area contributed by atoms with Gasteiger partial charge in [0.05, 0.1) is 30.7 Å². The molecule has 0 radical (unpaired) electrons. The van der Waals surface area contributed by atoms with E-state index in [9.17, 15) is 14.0 Å². The van der Waals surface area contributed by atoms with Gasteiger partial charge in [-0.05, 0) is 68.7 Å². The maximum atomic E-state index is 13.7. The van der Waals surface area contributed by atoms with E-state index in [-0.39, 0.29) is 41.5 Å². The summed E-state index contributed by atoms with van der Waals surface area (Å²) in [7, 11) is 1.57. The molecule has 1 amide bonds. The second-order valence-corrected chi connectivity index (χ2v) is 16.6. The zero-order chi connectivity index (χ0) is 39.9. The number of nitrogens with zero attached hydrogens (tertiary/aromatic N) is 4.